The summed E-state index contributed by atoms with van der Waals surface area (Å²) < 4.78 is 5.76. The molecular formula is C18H31NO. The van der Waals surface area contributed by atoms with Crippen molar-refractivity contribution in [2.24, 2.45) is 5.92 Å². The van der Waals surface area contributed by atoms with Gasteiger partial charge in [0.15, 0.2) is 0 Å². The lowest BCUT2D eigenvalue weighted by atomic mass is 10.0. The third kappa shape index (κ3) is 6.42. The Kier molecular flexibility index (Phi) is 8.36. The first-order valence-electron chi connectivity index (χ1n) is 8.13. The van der Waals surface area contributed by atoms with Crippen LogP contribution in [-0.4, -0.2) is 13.2 Å². The molecule has 1 aromatic carbocycles. The van der Waals surface area contributed by atoms with Gasteiger partial charge in [-0.25, -0.2) is 0 Å². The SMILES string of the molecule is CCCCNC(CC)c1ccc(OCCC(C)C)cc1. The van der Waals surface area contributed by atoms with Gasteiger partial charge in [-0.1, -0.05) is 46.2 Å². The number of unbranched alkanes of at least 4 members (excludes halogenated alkanes) is 1. The minimum atomic E-state index is 0.464. The van der Waals surface area contributed by atoms with Gasteiger partial charge in [0.1, 0.15) is 5.75 Å². The van der Waals surface area contributed by atoms with Crippen LogP contribution < -0.4 is 10.1 Å². The number of hydrogen-bond donors (Lipinski definition) is 1. The van der Waals surface area contributed by atoms with Crippen molar-refractivity contribution >= 4 is 0 Å². The van der Waals surface area contributed by atoms with Gasteiger partial charge in [0, 0.05) is 6.04 Å². The molecule has 0 saturated heterocycles. The molecule has 0 aliphatic heterocycles. The average Bonchev–Trinajstić information content (AvgIpc) is 2.44. The summed E-state index contributed by atoms with van der Waals surface area (Å²) in [6, 6.07) is 9.04. The summed E-state index contributed by atoms with van der Waals surface area (Å²) in [5.41, 5.74) is 1.36. The molecule has 20 heavy (non-hydrogen) atoms. The molecule has 0 radical (unpaired) electrons. The van der Waals surface area contributed by atoms with Gasteiger partial charge in [0.25, 0.3) is 0 Å². The zero-order chi connectivity index (χ0) is 14.8. The highest BCUT2D eigenvalue weighted by Crippen LogP contribution is 2.20. The summed E-state index contributed by atoms with van der Waals surface area (Å²) in [5, 5.41) is 3.62. The topological polar surface area (TPSA) is 21.3 Å². The second-order valence-electron chi connectivity index (χ2n) is 5.87. The Balaban J connectivity index is 2.46. The van der Waals surface area contributed by atoms with Crippen molar-refractivity contribution in [1.29, 1.82) is 0 Å². The molecular weight excluding hydrogens is 246 g/mol. The monoisotopic (exact) mass is 277 g/mol. The van der Waals surface area contributed by atoms with Crippen LogP contribution in [0.15, 0.2) is 24.3 Å². The Morgan fingerprint density at radius 3 is 2.35 bits per heavy atom. The van der Waals surface area contributed by atoms with Crippen molar-refractivity contribution in [3.05, 3.63) is 29.8 Å². The van der Waals surface area contributed by atoms with E-state index < -0.39 is 0 Å². The van der Waals surface area contributed by atoms with Crippen molar-refractivity contribution < 1.29 is 4.74 Å². The molecule has 1 N–H and O–H groups in total. The van der Waals surface area contributed by atoms with Crippen LogP contribution in [0.3, 0.4) is 0 Å². The summed E-state index contributed by atoms with van der Waals surface area (Å²) in [6.07, 6.45) is 4.72. The van der Waals surface area contributed by atoms with Crippen LogP contribution in [0.1, 0.15) is 65.0 Å². The van der Waals surface area contributed by atoms with Gasteiger partial charge in [0.05, 0.1) is 6.61 Å². The second-order valence-corrected chi connectivity index (χ2v) is 5.87. The maximum absolute atomic E-state index is 5.76. The molecule has 1 rings (SSSR count). The molecule has 114 valence electrons. The standard InChI is InChI=1S/C18H31NO/c1-5-7-13-19-18(6-2)16-8-10-17(11-9-16)20-14-12-15(3)4/h8-11,15,18-19H,5-7,12-14H2,1-4H3. The third-order valence-electron chi connectivity index (χ3n) is 3.58. The lowest BCUT2D eigenvalue weighted by Gasteiger charge is -2.18. The number of ether oxygens (including phenoxy) is 1. The number of nitrogens with one attached hydrogen (secondary N) is 1. The van der Waals surface area contributed by atoms with E-state index in [1.807, 2.05) is 0 Å². The van der Waals surface area contributed by atoms with Crippen molar-refractivity contribution in [3.8, 4) is 5.75 Å². The number of hydrogen-bond acceptors (Lipinski definition) is 2. The third-order valence-corrected chi connectivity index (χ3v) is 3.58. The zero-order valence-electron chi connectivity index (χ0n) is 13.6. The van der Waals surface area contributed by atoms with Crippen molar-refractivity contribution in [2.45, 2.75) is 59.4 Å². The maximum atomic E-state index is 5.76. The van der Waals surface area contributed by atoms with Gasteiger partial charge in [-0.2, -0.15) is 0 Å². The lowest BCUT2D eigenvalue weighted by molar-refractivity contribution is 0.289. The number of benzene rings is 1. The minimum Gasteiger partial charge on any atom is -0.494 e. The van der Waals surface area contributed by atoms with E-state index in [1.54, 1.807) is 0 Å². The second kappa shape index (κ2) is 9.82. The van der Waals surface area contributed by atoms with Crippen LogP contribution in [0.25, 0.3) is 0 Å². The Hall–Kier alpha value is -1.02. The Bertz CT molecular complexity index is 345. The highest BCUT2D eigenvalue weighted by molar-refractivity contribution is 5.29. The molecule has 1 atom stereocenters. The van der Waals surface area contributed by atoms with Gasteiger partial charge < -0.3 is 10.1 Å². The first-order valence-corrected chi connectivity index (χ1v) is 8.13. The van der Waals surface area contributed by atoms with Crippen molar-refractivity contribution in [2.75, 3.05) is 13.2 Å². The van der Waals surface area contributed by atoms with Crippen LogP contribution >= 0.6 is 0 Å². The predicted octanol–water partition coefficient (Wildman–Crippen LogP) is 4.95. The largest absolute Gasteiger partial charge is 0.494 e. The molecule has 2 heteroatoms. The quantitative estimate of drug-likeness (QED) is 0.611. The van der Waals surface area contributed by atoms with Crippen molar-refractivity contribution in [1.82, 2.24) is 5.32 Å². The average molecular weight is 277 g/mol. The van der Waals surface area contributed by atoms with E-state index in [2.05, 4.69) is 57.3 Å². The Morgan fingerprint density at radius 1 is 1.10 bits per heavy atom. The fourth-order valence-corrected chi connectivity index (χ4v) is 2.16. The Labute approximate surface area is 124 Å². The molecule has 0 saturated carbocycles. The van der Waals surface area contributed by atoms with Gasteiger partial charge >= 0.3 is 0 Å². The fraction of sp³-hybridized carbons (Fsp3) is 0.667. The summed E-state index contributed by atoms with van der Waals surface area (Å²) in [6.45, 7) is 10.8. The zero-order valence-corrected chi connectivity index (χ0v) is 13.6. The first kappa shape index (κ1) is 17.0. The molecule has 0 aromatic heterocycles. The van der Waals surface area contributed by atoms with E-state index in [-0.39, 0.29) is 0 Å². The van der Waals surface area contributed by atoms with E-state index in [0.29, 0.717) is 12.0 Å². The lowest BCUT2D eigenvalue weighted by Crippen LogP contribution is -2.21. The van der Waals surface area contributed by atoms with Gasteiger partial charge in [-0.15, -0.1) is 0 Å². The van der Waals surface area contributed by atoms with E-state index in [4.69, 9.17) is 4.74 Å². The van der Waals surface area contributed by atoms with Gasteiger partial charge in [-0.3, -0.25) is 0 Å². The molecule has 0 fully saturated rings. The molecule has 0 amide bonds. The summed E-state index contributed by atoms with van der Waals surface area (Å²) >= 11 is 0. The number of rotatable bonds is 10. The fourth-order valence-electron chi connectivity index (χ4n) is 2.16. The molecule has 2 nitrogen and oxygen atoms in total. The molecule has 0 aliphatic rings. The highest BCUT2D eigenvalue weighted by atomic mass is 16.5. The summed E-state index contributed by atoms with van der Waals surface area (Å²) in [4.78, 5) is 0. The molecule has 1 unspecified atom stereocenters. The van der Waals surface area contributed by atoms with Gasteiger partial charge in [-0.05, 0) is 49.4 Å². The van der Waals surface area contributed by atoms with Crippen LogP contribution in [0, 0.1) is 5.92 Å². The van der Waals surface area contributed by atoms with Crippen LogP contribution in [0.5, 0.6) is 5.75 Å². The maximum Gasteiger partial charge on any atom is 0.119 e. The summed E-state index contributed by atoms with van der Waals surface area (Å²) in [5.74, 6) is 1.68. The van der Waals surface area contributed by atoms with E-state index in [0.717, 1.165) is 31.7 Å². The molecule has 0 heterocycles. The minimum absolute atomic E-state index is 0.464. The van der Waals surface area contributed by atoms with E-state index in [9.17, 15) is 0 Å². The normalized spacial score (nSPS) is 12.7. The van der Waals surface area contributed by atoms with Crippen molar-refractivity contribution in [3.63, 3.8) is 0 Å². The summed E-state index contributed by atoms with van der Waals surface area (Å²) in [7, 11) is 0. The first-order chi connectivity index (χ1) is 9.67. The molecule has 0 bridgehead atoms. The van der Waals surface area contributed by atoms with E-state index in [1.165, 1.54) is 18.4 Å². The Morgan fingerprint density at radius 2 is 1.80 bits per heavy atom. The highest BCUT2D eigenvalue weighted by Gasteiger charge is 2.08. The van der Waals surface area contributed by atoms with Crippen LogP contribution in [0.2, 0.25) is 0 Å². The van der Waals surface area contributed by atoms with Crippen LogP contribution in [0.4, 0.5) is 0 Å². The smallest absolute Gasteiger partial charge is 0.119 e. The van der Waals surface area contributed by atoms with Crippen LogP contribution in [-0.2, 0) is 0 Å². The molecule has 0 spiro atoms. The molecule has 0 aliphatic carbocycles. The molecule has 1 aromatic rings. The van der Waals surface area contributed by atoms with Gasteiger partial charge in [0.2, 0.25) is 0 Å². The predicted molar refractivity (Wildman–Crippen MR) is 87.3 cm³/mol. The van der Waals surface area contributed by atoms with E-state index >= 15 is 0 Å².